The van der Waals surface area contributed by atoms with Crippen molar-refractivity contribution in [2.45, 2.75) is 26.3 Å². The molecule has 2 aromatic carbocycles. The van der Waals surface area contributed by atoms with Gasteiger partial charge in [0.05, 0.1) is 13.2 Å². The summed E-state index contributed by atoms with van der Waals surface area (Å²) in [6.07, 6.45) is 0.806. The molecule has 4 rings (SSSR count). The normalized spacial score (nSPS) is 15.9. The number of rotatable bonds is 5. The lowest BCUT2D eigenvalue weighted by Crippen LogP contribution is -2.30. The van der Waals surface area contributed by atoms with Crippen molar-refractivity contribution in [1.29, 1.82) is 0 Å². The van der Waals surface area contributed by atoms with E-state index in [-0.39, 0.29) is 17.8 Å². The van der Waals surface area contributed by atoms with Crippen molar-refractivity contribution in [3.63, 3.8) is 0 Å². The Morgan fingerprint density at radius 3 is 2.34 bits per heavy atom. The van der Waals surface area contributed by atoms with Gasteiger partial charge in [0.1, 0.15) is 11.6 Å². The number of benzene rings is 2. The van der Waals surface area contributed by atoms with Crippen LogP contribution in [-0.2, 0) is 13.5 Å². The molecule has 0 fully saturated rings. The zero-order valence-corrected chi connectivity index (χ0v) is 17.0. The Labute approximate surface area is 169 Å². The van der Waals surface area contributed by atoms with E-state index in [0.29, 0.717) is 11.6 Å². The molecule has 29 heavy (non-hydrogen) atoms. The van der Waals surface area contributed by atoms with Crippen molar-refractivity contribution in [2.75, 3.05) is 12.0 Å². The van der Waals surface area contributed by atoms with Gasteiger partial charge in [-0.3, -0.25) is 14.4 Å². The van der Waals surface area contributed by atoms with E-state index < -0.39 is 0 Å². The summed E-state index contributed by atoms with van der Waals surface area (Å²) < 4.78 is 20.7. The molecule has 1 aliphatic heterocycles. The van der Waals surface area contributed by atoms with E-state index in [9.17, 15) is 9.18 Å². The Morgan fingerprint density at radius 1 is 1.10 bits per heavy atom. The quantitative estimate of drug-likeness (QED) is 0.641. The van der Waals surface area contributed by atoms with E-state index in [1.54, 1.807) is 24.1 Å². The summed E-state index contributed by atoms with van der Waals surface area (Å²) in [7, 11) is 3.48. The van der Waals surface area contributed by atoms with Crippen molar-refractivity contribution >= 4 is 11.6 Å². The maximum atomic E-state index is 13.6. The predicted octanol–water partition coefficient (Wildman–Crippen LogP) is 4.52. The van der Waals surface area contributed by atoms with Crippen LogP contribution in [0.1, 0.15) is 47.2 Å². The van der Waals surface area contributed by atoms with Crippen LogP contribution in [0.15, 0.2) is 48.5 Å². The van der Waals surface area contributed by atoms with Gasteiger partial charge in [-0.25, -0.2) is 4.39 Å². The third-order valence-corrected chi connectivity index (χ3v) is 5.30. The summed E-state index contributed by atoms with van der Waals surface area (Å²) in [5.41, 5.74) is 4.02. The fourth-order valence-corrected chi connectivity index (χ4v) is 3.98. The molecule has 5 nitrogen and oxygen atoms in total. The molecule has 150 valence electrons. The number of hydrogen-bond acceptors (Lipinski definition) is 3. The van der Waals surface area contributed by atoms with Gasteiger partial charge in [0.15, 0.2) is 5.69 Å². The molecular formula is C23H24FN3O2. The van der Waals surface area contributed by atoms with Gasteiger partial charge in [-0.1, -0.05) is 26.0 Å². The fraction of sp³-hybridized carbons (Fsp3) is 0.304. The first-order chi connectivity index (χ1) is 13.9. The van der Waals surface area contributed by atoms with Crippen LogP contribution in [0.3, 0.4) is 0 Å². The Balaban J connectivity index is 1.89. The van der Waals surface area contributed by atoms with Crippen LogP contribution in [0, 0.1) is 11.7 Å². The number of methoxy groups -OCH3 is 1. The van der Waals surface area contributed by atoms with Gasteiger partial charge in [-0.15, -0.1) is 0 Å². The molecule has 0 saturated heterocycles. The smallest absolute Gasteiger partial charge is 0.280 e. The number of carbonyl (C=O) groups is 1. The monoisotopic (exact) mass is 393 g/mol. The molecule has 3 aromatic rings. The number of nitrogens with zero attached hydrogens (tertiary/aromatic N) is 3. The molecule has 1 atom stereocenters. The largest absolute Gasteiger partial charge is 0.497 e. The number of anilines is 1. The summed E-state index contributed by atoms with van der Waals surface area (Å²) in [6.45, 7) is 4.29. The third-order valence-electron chi connectivity index (χ3n) is 5.30. The minimum Gasteiger partial charge on any atom is -0.497 e. The van der Waals surface area contributed by atoms with Crippen LogP contribution >= 0.6 is 0 Å². The van der Waals surface area contributed by atoms with E-state index in [4.69, 9.17) is 4.74 Å². The number of fused-ring (bicyclic) bond motifs is 1. The van der Waals surface area contributed by atoms with Crippen molar-refractivity contribution in [3.05, 3.63) is 76.9 Å². The Hall–Kier alpha value is -3.15. The Kier molecular flexibility index (Phi) is 4.86. The molecule has 0 N–H and O–H groups in total. The number of ether oxygens (including phenoxy) is 1. The van der Waals surface area contributed by atoms with Gasteiger partial charge in [0.2, 0.25) is 0 Å². The minimum atomic E-state index is -0.353. The molecule has 1 aliphatic rings. The van der Waals surface area contributed by atoms with E-state index in [2.05, 4.69) is 18.9 Å². The summed E-state index contributed by atoms with van der Waals surface area (Å²) in [5.74, 6) is 0.678. The topological polar surface area (TPSA) is 47.4 Å². The lowest BCUT2D eigenvalue weighted by Gasteiger charge is -2.27. The van der Waals surface area contributed by atoms with Gasteiger partial charge < -0.3 is 4.74 Å². The van der Waals surface area contributed by atoms with E-state index in [1.807, 2.05) is 36.0 Å². The maximum absolute atomic E-state index is 13.6. The lowest BCUT2D eigenvalue weighted by atomic mass is 9.95. The number of hydrogen-bond donors (Lipinski definition) is 0. The van der Waals surface area contributed by atoms with Gasteiger partial charge in [0.25, 0.3) is 5.91 Å². The number of carbonyl (C=O) groups excluding carboxylic acids is 1. The summed E-state index contributed by atoms with van der Waals surface area (Å²) in [5, 5.41) is 4.55. The highest BCUT2D eigenvalue weighted by molar-refractivity contribution is 6.10. The van der Waals surface area contributed by atoms with Crippen LogP contribution in [0.5, 0.6) is 5.75 Å². The molecule has 0 radical (unpaired) electrons. The van der Waals surface area contributed by atoms with Gasteiger partial charge in [-0.05, 0) is 54.3 Å². The molecule has 0 saturated carbocycles. The second-order valence-corrected chi connectivity index (χ2v) is 7.76. The third kappa shape index (κ3) is 3.28. The molecule has 1 unspecified atom stereocenters. The maximum Gasteiger partial charge on any atom is 0.280 e. The highest BCUT2D eigenvalue weighted by atomic mass is 19.1. The second-order valence-electron chi connectivity index (χ2n) is 7.76. The zero-order valence-electron chi connectivity index (χ0n) is 17.0. The SMILES string of the molecule is COc1ccc(N2C(=O)c3nn(C)c(CC(C)C)c3C2c2ccc(F)cc2)cc1. The number of amides is 1. The van der Waals surface area contributed by atoms with Crippen molar-refractivity contribution < 1.29 is 13.9 Å². The second kappa shape index (κ2) is 7.35. The molecule has 0 aliphatic carbocycles. The van der Waals surface area contributed by atoms with E-state index in [1.165, 1.54) is 12.1 Å². The first kappa shape index (κ1) is 19.2. The van der Waals surface area contributed by atoms with Gasteiger partial charge in [0, 0.05) is 24.0 Å². The molecule has 0 bridgehead atoms. The molecule has 1 aromatic heterocycles. The highest BCUT2D eigenvalue weighted by Gasteiger charge is 2.43. The van der Waals surface area contributed by atoms with Crippen molar-refractivity contribution in [1.82, 2.24) is 9.78 Å². The van der Waals surface area contributed by atoms with E-state index >= 15 is 0 Å². The Bertz CT molecular complexity index is 1040. The highest BCUT2D eigenvalue weighted by Crippen LogP contribution is 2.43. The molecule has 6 heteroatoms. The summed E-state index contributed by atoms with van der Waals surface area (Å²) in [6, 6.07) is 13.4. The van der Waals surface area contributed by atoms with Crippen LogP contribution in [-0.4, -0.2) is 22.8 Å². The fourth-order valence-electron chi connectivity index (χ4n) is 3.98. The molecule has 2 heterocycles. The van der Waals surface area contributed by atoms with Crippen LogP contribution in [0.2, 0.25) is 0 Å². The van der Waals surface area contributed by atoms with Crippen LogP contribution in [0.4, 0.5) is 10.1 Å². The van der Waals surface area contributed by atoms with Crippen molar-refractivity contribution in [3.8, 4) is 5.75 Å². The number of halogens is 1. The average Bonchev–Trinajstić information content (AvgIpc) is 3.16. The minimum absolute atomic E-state index is 0.148. The van der Waals surface area contributed by atoms with Crippen molar-refractivity contribution in [2.24, 2.45) is 13.0 Å². The summed E-state index contributed by atoms with van der Waals surface area (Å²) >= 11 is 0. The molecule has 0 spiro atoms. The Morgan fingerprint density at radius 2 is 1.76 bits per heavy atom. The zero-order chi connectivity index (χ0) is 20.7. The first-order valence-corrected chi connectivity index (χ1v) is 9.69. The summed E-state index contributed by atoms with van der Waals surface area (Å²) in [4.78, 5) is 15.1. The average molecular weight is 393 g/mol. The molecular weight excluding hydrogens is 369 g/mol. The first-order valence-electron chi connectivity index (χ1n) is 9.69. The van der Waals surface area contributed by atoms with Crippen LogP contribution in [0.25, 0.3) is 0 Å². The predicted molar refractivity (Wildman–Crippen MR) is 110 cm³/mol. The van der Waals surface area contributed by atoms with Crippen LogP contribution < -0.4 is 9.64 Å². The molecule has 1 amide bonds. The van der Waals surface area contributed by atoms with Gasteiger partial charge in [-0.2, -0.15) is 5.10 Å². The van der Waals surface area contributed by atoms with E-state index in [0.717, 1.165) is 34.7 Å². The standard InChI is InChI=1S/C23H24FN3O2/c1-14(2)13-19-20-21(25-26(19)3)23(28)27(17-9-11-18(29-4)12-10-17)22(20)15-5-7-16(24)8-6-15/h5-12,14,22H,13H2,1-4H3. The number of aryl methyl sites for hydroxylation is 1. The van der Waals surface area contributed by atoms with Gasteiger partial charge >= 0.3 is 0 Å². The number of aromatic nitrogens is 2. The lowest BCUT2D eigenvalue weighted by molar-refractivity contribution is 0.0988.